The molecule has 3 aromatic rings. The van der Waals surface area contributed by atoms with Gasteiger partial charge >= 0.3 is 0 Å². The Kier molecular flexibility index (Phi) is 4.60. The summed E-state index contributed by atoms with van der Waals surface area (Å²) >= 11 is 0. The van der Waals surface area contributed by atoms with Crippen LogP contribution in [-0.4, -0.2) is 40.2 Å². The van der Waals surface area contributed by atoms with E-state index in [1.165, 1.54) is 12.8 Å². The lowest BCUT2D eigenvalue weighted by atomic mass is 10.1. The van der Waals surface area contributed by atoms with E-state index in [1.54, 1.807) is 24.5 Å². The zero-order valence-corrected chi connectivity index (χ0v) is 16.1. The van der Waals surface area contributed by atoms with Crippen LogP contribution in [0.1, 0.15) is 31.2 Å². The average molecular weight is 386 g/mol. The third-order valence-corrected chi connectivity index (χ3v) is 5.37. The molecule has 0 amide bonds. The number of nitrogens with one attached hydrogen (secondary N) is 1. The van der Waals surface area contributed by atoms with Crippen molar-refractivity contribution in [1.82, 2.24) is 15.0 Å². The van der Waals surface area contributed by atoms with E-state index in [4.69, 9.17) is 20.0 Å². The Labute approximate surface area is 169 Å². The molecule has 5 rings (SSSR count). The second kappa shape index (κ2) is 7.55. The fraction of sp³-hybridized carbons (Fsp3) is 0.364. The number of hydrogen-bond donors (Lipinski definition) is 1. The van der Waals surface area contributed by atoms with Crippen LogP contribution < -0.4 is 15.0 Å². The summed E-state index contributed by atoms with van der Waals surface area (Å²) in [5.74, 6) is 2.53. The van der Waals surface area contributed by atoms with Crippen molar-refractivity contribution in [2.75, 3.05) is 23.3 Å². The smallest absolute Gasteiger partial charge is 0.172 e. The molecular formula is C22H22N6O. The van der Waals surface area contributed by atoms with Crippen molar-refractivity contribution >= 4 is 22.7 Å². The minimum atomic E-state index is 0.134. The lowest BCUT2D eigenvalue weighted by Crippen LogP contribution is -2.39. The maximum Gasteiger partial charge on any atom is 0.172 e. The van der Waals surface area contributed by atoms with Crippen molar-refractivity contribution < 1.29 is 4.74 Å². The number of nitrogens with zero attached hydrogens (tertiary/aromatic N) is 5. The molecular weight excluding hydrogens is 364 g/mol. The molecule has 2 fully saturated rings. The van der Waals surface area contributed by atoms with Gasteiger partial charge in [0.15, 0.2) is 11.6 Å². The standard InChI is InChI=1S/C22H22N6O/c23-13-15-2-1-3-18(12-15)29-17-7-10-28(11-8-17)22-21(25-16-4-5-16)26-19-6-9-24-14-20(19)27-22/h1-3,6,9,12,14,16-17H,4-5,7-8,10-11H2,(H,25,26). The van der Waals surface area contributed by atoms with Gasteiger partial charge in [-0.2, -0.15) is 5.26 Å². The zero-order valence-electron chi connectivity index (χ0n) is 16.1. The Hall–Kier alpha value is -3.40. The maximum absolute atomic E-state index is 9.06. The van der Waals surface area contributed by atoms with E-state index in [1.807, 2.05) is 18.2 Å². The van der Waals surface area contributed by atoms with Crippen LogP contribution in [0.15, 0.2) is 42.7 Å². The summed E-state index contributed by atoms with van der Waals surface area (Å²) < 4.78 is 6.12. The van der Waals surface area contributed by atoms with Gasteiger partial charge in [0.2, 0.25) is 0 Å². The van der Waals surface area contributed by atoms with Gasteiger partial charge in [-0.1, -0.05) is 6.07 Å². The number of pyridine rings is 1. The van der Waals surface area contributed by atoms with Crippen molar-refractivity contribution in [2.24, 2.45) is 0 Å². The van der Waals surface area contributed by atoms with Crippen LogP contribution in [0.2, 0.25) is 0 Å². The van der Waals surface area contributed by atoms with Crippen molar-refractivity contribution in [1.29, 1.82) is 5.26 Å². The van der Waals surface area contributed by atoms with Crippen molar-refractivity contribution in [3.8, 4) is 11.8 Å². The highest BCUT2D eigenvalue weighted by atomic mass is 16.5. The number of fused-ring (bicyclic) bond motifs is 1. The number of hydrogen-bond acceptors (Lipinski definition) is 7. The van der Waals surface area contributed by atoms with Gasteiger partial charge < -0.3 is 15.0 Å². The molecule has 3 heterocycles. The number of ether oxygens (including phenoxy) is 1. The van der Waals surface area contributed by atoms with Crippen LogP contribution >= 0.6 is 0 Å². The highest BCUT2D eigenvalue weighted by Gasteiger charge is 2.28. The first kappa shape index (κ1) is 17.7. The fourth-order valence-electron chi connectivity index (χ4n) is 3.65. The molecule has 0 bridgehead atoms. The monoisotopic (exact) mass is 386 g/mol. The largest absolute Gasteiger partial charge is 0.490 e. The lowest BCUT2D eigenvalue weighted by Gasteiger charge is -2.33. The number of aromatic nitrogens is 3. The van der Waals surface area contributed by atoms with E-state index in [0.29, 0.717) is 11.6 Å². The first-order valence-corrected chi connectivity index (χ1v) is 10.1. The summed E-state index contributed by atoms with van der Waals surface area (Å²) in [7, 11) is 0. The van der Waals surface area contributed by atoms with Crippen LogP contribution in [0.3, 0.4) is 0 Å². The summed E-state index contributed by atoms with van der Waals surface area (Å²) in [5, 5.41) is 12.6. The molecule has 146 valence electrons. The molecule has 7 nitrogen and oxygen atoms in total. The Morgan fingerprint density at radius 2 is 1.93 bits per heavy atom. The van der Waals surface area contributed by atoms with Crippen LogP contribution in [0.5, 0.6) is 5.75 Å². The van der Waals surface area contributed by atoms with E-state index in [2.05, 4.69) is 21.3 Å². The molecule has 0 spiro atoms. The summed E-state index contributed by atoms with van der Waals surface area (Å²) in [4.78, 5) is 16.2. The van der Waals surface area contributed by atoms with Gasteiger partial charge in [-0.25, -0.2) is 9.97 Å². The van der Waals surface area contributed by atoms with Crippen LogP contribution in [-0.2, 0) is 0 Å². The predicted octanol–water partition coefficient (Wildman–Crippen LogP) is 3.52. The molecule has 1 aliphatic carbocycles. The highest BCUT2D eigenvalue weighted by Crippen LogP contribution is 2.32. The van der Waals surface area contributed by atoms with Gasteiger partial charge in [0.05, 0.1) is 23.3 Å². The molecule has 1 saturated heterocycles. The Bertz CT molecular complexity index is 1070. The third kappa shape index (κ3) is 3.92. The van der Waals surface area contributed by atoms with Gasteiger partial charge in [0, 0.05) is 38.2 Å². The molecule has 1 N–H and O–H groups in total. The topological polar surface area (TPSA) is 87.0 Å². The van der Waals surface area contributed by atoms with E-state index >= 15 is 0 Å². The molecule has 2 aromatic heterocycles. The predicted molar refractivity (Wildman–Crippen MR) is 111 cm³/mol. The second-order valence-electron chi connectivity index (χ2n) is 7.62. The van der Waals surface area contributed by atoms with Gasteiger partial charge in [-0.15, -0.1) is 0 Å². The van der Waals surface area contributed by atoms with Gasteiger partial charge in [-0.3, -0.25) is 4.98 Å². The molecule has 29 heavy (non-hydrogen) atoms. The van der Waals surface area contributed by atoms with E-state index < -0.39 is 0 Å². The Morgan fingerprint density at radius 3 is 2.72 bits per heavy atom. The highest BCUT2D eigenvalue weighted by molar-refractivity contribution is 5.80. The second-order valence-corrected chi connectivity index (χ2v) is 7.62. The molecule has 1 saturated carbocycles. The Balaban J connectivity index is 1.32. The average Bonchev–Trinajstić information content (AvgIpc) is 3.58. The number of rotatable bonds is 5. The summed E-state index contributed by atoms with van der Waals surface area (Å²) in [6.45, 7) is 1.70. The Morgan fingerprint density at radius 1 is 1.07 bits per heavy atom. The lowest BCUT2D eigenvalue weighted by molar-refractivity contribution is 0.170. The first-order chi connectivity index (χ1) is 14.3. The molecule has 0 atom stereocenters. The third-order valence-electron chi connectivity index (χ3n) is 5.37. The molecule has 0 radical (unpaired) electrons. The number of piperidine rings is 1. The summed E-state index contributed by atoms with van der Waals surface area (Å²) in [6.07, 6.45) is 7.82. The molecule has 1 aromatic carbocycles. The van der Waals surface area contributed by atoms with Crippen molar-refractivity contribution in [2.45, 2.75) is 37.8 Å². The maximum atomic E-state index is 9.06. The van der Waals surface area contributed by atoms with Crippen LogP contribution in [0.4, 0.5) is 11.6 Å². The quantitative estimate of drug-likeness (QED) is 0.718. The summed E-state index contributed by atoms with van der Waals surface area (Å²) in [6, 6.07) is 11.9. The molecule has 1 aliphatic heterocycles. The van der Waals surface area contributed by atoms with Gasteiger partial charge in [0.1, 0.15) is 17.4 Å². The molecule has 0 unspecified atom stereocenters. The zero-order chi connectivity index (χ0) is 19.6. The SMILES string of the molecule is N#Cc1cccc(OC2CCN(c3nc4cnccc4nc3NC3CC3)CC2)c1. The minimum absolute atomic E-state index is 0.134. The van der Waals surface area contributed by atoms with E-state index in [9.17, 15) is 0 Å². The minimum Gasteiger partial charge on any atom is -0.490 e. The first-order valence-electron chi connectivity index (χ1n) is 10.1. The van der Waals surface area contributed by atoms with E-state index in [0.717, 1.165) is 54.3 Å². The number of nitriles is 1. The van der Waals surface area contributed by atoms with Crippen molar-refractivity contribution in [3.05, 3.63) is 48.3 Å². The molecule has 2 aliphatic rings. The van der Waals surface area contributed by atoms with E-state index in [-0.39, 0.29) is 6.10 Å². The van der Waals surface area contributed by atoms with Crippen molar-refractivity contribution in [3.63, 3.8) is 0 Å². The summed E-state index contributed by atoms with van der Waals surface area (Å²) in [5.41, 5.74) is 2.30. The number of benzene rings is 1. The van der Waals surface area contributed by atoms with Crippen LogP contribution in [0, 0.1) is 11.3 Å². The fourth-order valence-corrected chi connectivity index (χ4v) is 3.65. The van der Waals surface area contributed by atoms with Crippen LogP contribution in [0.25, 0.3) is 11.0 Å². The molecule has 7 heteroatoms. The normalized spacial score (nSPS) is 17.1. The van der Waals surface area contributed by atoms with Gasteiger partial charge in [-0.05, 0) is 37.1 Å². The van der Waals surface area contributed by atoms with Gasteiger partial charge in [0.25, 0.3) is 0 Å². The number of anilines is 2.